The van der Waals surface area contributed by atoms with Gasteiger partial charge in [0.2, 0.25) is 11.8 Å². The van der Waals surface area contributed by atoms with Crippen molar-refractivity contribution in [3.8, 4) is 6.07 Å². The summed E-state index contributed by atoms with van der Waals surface area (Å²) in [5.41, 5.74) is 4.55. The third-order valence-electron chi connectivity index (χ3n) is 6.71. The van der Waals surface area contributed by atoms with Gasteiger partial charge in [-0.25, -0.2) is 5.48 Å². The van der Waals surface area contributed by atoms with Crippen molar-refractivity contribution in [2.75, 3.05) is 37.6 Å². The maximum Gasteiger partial charge on any atom is 0.248 e. The van der Waals surface area contributed by atoms with Crippen molar-refractivity contribution in [1.82, 2.24) is 15.7 Å². The van der Waals surface area contributed by atoms with Gasteiger partial charge in [-0.2, -0.15) is 5.26 Å². The molecule has 0 bridgehead atoms. The molecule has 2 amide bonds. The molecule has 2 saturated heterocycles. The van der Waals surface area contributed by atoms with Crippen LogP contribution in [0.3, 0.4) is 0 Å². The fraction of sp³-hybridized carbons (Fsp3) is 0.571. The number of piperazine rings is 1. The first-order chi connectivity index (χ1) is 14.0. The highest BCUT2D eigenvalue weighted by Gasteiger charge is 2.52. The van der Waals surface area contributed by atoms with Crippen LogP contribution in [0, 0.1) is 29.6 Å². The zero-order chi connectivity index (χ0) is 20.6. The van der Waals surface area contributed by atoms with Gasteiger partial charge < -0.3 is 15.1 Å². The highest BCUT2D eigenvalue weighted by atomic mass is 16.5. The van der Waals surface area contributed by atoms with E-state index in [1.165, 1.54) is 0 Å². The van der Waals surface area contributed by atoms with Crippen LogP contribution in [0.5, 0.6) is 0 Å². The number of nitrogens with one attached hydrogen (secondary N) is 2. The number of hydrogen-bond donors (Lipinski definition) is 3. The Labute approximate surface area is 170 Å². The van der Waals surface area contributed by atoms with Crippen LogP contribution in [-0.4, -0.2) is 60.7 Å². The number of hydroxylamine groups is 1. The number of anilines is 1. The molecule has 2 atom stereocenters. The molecule has 0 unspecified atom stereocenters. The monoisotopic (exact) mass is 397 g/mol. The van der Waals surface area contributed by atoms with E-state index in [1.807, 2.05) is 30.0 Å². The Morgan fingerprint density at radius 3 is 2.59 bits per heavy atom. The molecule has 3 fully saturated rings. The van der Waals surface area contributed by atoms with E-state index in [0.717, 1.165) is 30.6 Å². The quantitative estimate of drug-likeness (QED) is 0.514. The average molecular weight is 397 g/mol. The molecular formula is C21H27N5O3. The molecule has 1 spiro atoms. The smallest absolute Gasteiger partial charge is 0.248 e. The number of nitrogens with zero attached hydrogens (tertiary/aromatic N) is 3. The van der Waals surface area contributed by atoms with Crippen LogP contribution < -0.4 is 15.7 Å². The van der Waals surface area contributed by atoms with Crippen molar-refractivity contribution in [2.24, 2.45) is 11.3 Å². The lowest BCUT2D eigenvalue weighted by Gasteiger charge is -2.41. The van der Waals surface area contributed by atoms with Crippen LogP contribution in [0.1, 0.15) is 30.4 Å². The summed E-state index contributed by atoms with van der Waals surface area (Å²) in [6, 6.07) is 7.39. The van der Waals surface area contributed by atoms with Gasteiger partial charge in [0, 0.05) is 38.4 Å². The highest BCUT2D eigenvalue weighted by Crippen LogP contribution is 2.52. The average Bonchev–Trinajstić information content (AvgIpc) is 3.51. The predicted molar refractivity (Wildman–Crippen MR) is 106 cm³/mol. The zero-order valence-electron chi connectivity index (χ0n) is 16.6. The van der Waals surface area contributed by atoms with E-state index in [1.54, 1.807) is 5.48 Å². The minimum Gasteiger partial charge on any atom is -0.368 e. The summed E-state index contributed by atoms with van der Waals surface area (Å²) in [5, 5.41) is 21.5. The first-order valence-corrected chi connectivity index (χ1v) is 10.2. The van der Waals surface area contributed by atoms with E-state index >= 15 is 0 Å². The summed E-state index contributed by atoms with van der Waals surface area (Å²) in [6.45, 7) is 5.23. The van der Waals surface area contributed by atoms with Gasteiger partial charge in [0.15, 0.2) is 0 Å². The molecule has 2 heterocycles. The molecule has 8 heteroatoms. The lowest BCUT2D eigenvalue weighted by molar-refractivity contribution is -0.145. The number of nitriles is 1. The van der Waals surface area contributed by atoms with Gasteiger partial charge >= 0.3 is 0 Å². The van der Waals surface area contributed by atoms with Crippen molar-refractivity contribution in [3.63, 3.8) is 0 Å². The van der Waals surface area contributed by atoms with Crippen LogP contribution >= 0.6 is 0 Å². The first kappa shape index (κ1) is 19.7. The van der Waals surface area contributed by atoms with Gasteiger partial charge in [0.25, 0.3) is 0 Å². The normalized spacial score (nSPS) is 25.4. The van der Waals surface area contributed by atoms with Crippen molar-refractivity contribution in [3.05, 3.63) is 29.3 Å². The fourth-order valence-corrected chi connectivity index (χ4v) is 4.62. The first-order valence-electron chi connectivity index (χ1n) is 10.2. The number of aryl methyl sites for hydroxylation is 1. The van der Waals surface area contributed by atoms with Crippen molar-refractivity contribution < 1.29 is 14.8 Å². The molecule has 154 valence electrons. The maximum atomic E-state index is 13.1. The summed E-state index contributed by atoms with van der Waals surface area (Å²) in [4.78, 5) is 29.4. The van der Waals surface area contributed by atoms with Crippen LogP contribution in [0.4, 0.5) is 5.69 Å². The number of rotatable bonds is 3. The number of amides is 2. The van der Waals surface area contributed by atoms with E-state index in [2.05, 4.69) is 16.3 Å². The topological polar surface area (TPSA) is 109 Å². The third kappa shape index (κ3) is 3.80. The van der Waals surface area contributed by atoms with Gasteiger partial charge in [0.05, 0.1) is 23.6 Å². The number of carbonyl (C=O) groups excluding carboxylic acids is 2. The molecule has 1 aromatic carbocycles. The van der Waals surface area contributed by atoms with Gasteiger partial charge in [-0.15, -0.1) is 0 Å². The second-order valence-corrected chi connectivity index (χ2v) is 8.57. The maximum absolute atomic E-state index is 13.1. The Morgan fingerprint density at radius 1 is 1.28 bits per heavy atom. The van der Waals surface area contributed by atoms with Crippen molar-refractivity contribution in [1.29, 1.82) is 5.26 Å². The molecule has 1 aromatic rings. The summed E-state index contributed by atoms with van der Waals surface area (Å²) in [6.07, 6.45) is 2.78. The molecule has 0 radical (unpaired) electrons. The van der Waals surface area contributed by atoms with Crippen LogP contribution in [0.15, 0.2) is 18.2 Å². The van der Waals surface area contributed by atoms with Crippen molar-refractivity contribution >= 4 is 17.5 Å². The van der Waals surface area contributed by atoms with Gasteiger partial charge in [-0.3, -0.25) is 14.8 Å². The number of piperidine rings is 1. The second kappa shape index (κ2) is 7.65. The van der Waals surface area contributed by atoms with E-state index in [4.69, 9.17) is 10.5 Å². The summed E-state index contributed by atoms with van der Waals surface area (Å²) < 4.78 is 0. The zero-order valence-corrected chi connectivity index (χ0v) is 16.6. The molecule has 2 aliphatic heterocycles. The minimum atomic E-state index is -0.586. The molecule has 8 nitrogen and oxygen atoms in total. The highest BCUT2D eigenvalue weighted by molar-refractivity contribution is 5.90. The van der Waals surface area contributed by atoms with Crippen LogP contribution in [-0.2, 0) is 9.59 Å². The second-order valence-electron chi connectivity index (χ2n) is 8.57. The van der Waals surface area contributed by atoms with E-state index in [-0.39, 0.29) is 11.3 Å². The molecular weight excluding hydrogens is 370 g/mol. The minimum absolute atomic E-state index is 0.0650. The Balaban J connectivity index is 1.40. The summed E-state index contributed by atoms with van der Waals surface area (Å²) in [5.74, 6) is -1.08. The number of hydrogen-bond acceptors (Lipinski definition) is 6. The molecule has 3 N–H and O–H groups in total. The number of carbonyl (C=O) groups is 2. The molecule has 0 aromatic heterocycles. The Bertz CT molecular complexity index is 852. The van der Waals surface area contributed by atoms with Crippen LogP contribution in [0.25, 0.3) is 0 Å². The van der Waals surface area contributed by atoms with Crippen molar-refractivity contribution in [2.45, 2.75) is 32.2 Å². The van der Waals surface area contributed by atoms with E-state index in [9.17, 15) is 9.59 Å². The Kier molecular flexibility index (Phi) is 5.19. The molecule has 29 heavy (non-hydrogen) atoms. The SMILES string of the molecule is Cc1cc(N2CCN(C(=O)[C@H]3NCC4(CC4)C[C@@H]3C(=O)NO)CC2)ccc1C#N. The third-order valence-corrected chi connectivity index (χ3v) is 6.71. The van der Waals surface area contributed by atoms with E-state index in [0.29, 0.717) is 38.2 Å². The lowest BCUT2D eigenvalue weighted by Crippen LogP contribution is -2.61. The number of benzene rings is 1. The molecule has 4 rings (SSSR count). The van der Waals surface area contributed by atoms with E-state index < -0.39 is 17.9 Å². The standard InChI is InChI=1S/C21H27N5O3/c1-14-10-16(3-2-15(14)12-22)25-6-8-26(9-7-25)20(28)18-17(19(27)24-29)11-21(4-5-21)13-23-18/h2-3,10,17-18,23,29H,4-9,11,13H2,1H3,(H,24,27)/t17-,18-/m0/s1. The van der Waals surface area contributed by atoms with Gasteiger partial charge in [0.1, 0.15) is 0 Å². The summed E-state index contributed by atoms with van der Waals surface area (Å²) >= 11 is 0. The molecule has 1 saturated carbocycles. The summed E-state index contributed by atoms with van der Waals surface area (Å²) in [7, 11) is 0. The van der Waals surface area contributed by atoms with Gasteiger partial charge in [-0.1, -0.05) is 0 Å². The van der Waals surface area contributed by atoms with Crippen LogP contribution in [0.2, 0.25) is 0 Å². The Hall–Kier alpha value is -2.63. The lowest BCUT2D eigenvalue weighted by atomic mass is 9.81. The molecule has 1 aliphatic carbocycles. The Morgan fingerprint density at radius 2 is 2.00 bits per heavy atom. The fourth-order valence-electron chi connectivity index (χ4n) is 4.62. The molecule has 3 aliphatic rings. The van der Waals surface area contributed by atoms with Gasteiger partial charge in [-0.05, 0) is 55.4 Å². The predicted octanol–water partition coefficient (Wildman–Crippen LogP) is 0.779. The largest absolute Gasteiger partial charge is 0.368 e.